The first-order valence-electron chi connectivity index (χ1n) is 9.84. The molecule has 4 rings (SSSR count). The number of rotatable bonds is 3. The maximum absolute atomic E-state index is 4.93. The Labute approximate surface area is 181 Å². The van der Waals surface area contributed by atoms with Gasteiger partial charge in [0.15, 0.2) is 0 Å². The van der Waals surface area contributed by atoms with Crippen LogP contribution in [0.3, 0.4) is 0 Å². The number of benzene rings is 1. The Morgan fingerprint density at radius 3 is 2.08 bits per heavy atom. The topological polar surface area (TPSA) is 0 Å². The molecule has 3 heteroatoms. The van der Waals surface area contributed by atoms with Crippen LogP contribution in [0.25, 0.3) is 0 Å². The molecular weight excluding hydrogens is 438 g/mol. The van der Waals surface area contributed by atoms with E-state index in [1.54, 1.807) is 12.0 Å². The van der Waals surface area contributed by atoms with Gasteiger partial charge in [0, 0.05) is 0 Å². The fourth-order valence-electron chi connectivity index (χ4n) is 6.00. The van der Waals surface area contributed by atoms with Crippen molar-refractivity contribution in [2.75, 3.05) is 0 Å². The third-order valence-corrected chi connectivity index (χ3v) is 6.93. The van der Waals surface area contributed by atoms with E-state index >= 15 is 0 Å². The largest absolute Gasteiger partial charge is 0.0622 e. The molecule has 26 heavy (non-hydrogen) atoms. The molecule has 0 aliphatic heterocycles. The van der Waals surface area contributed by atoms with Crippen molar-refractivity contribution < 1.29 is 20.8 Å². The molecule has 3 aliphatic carbocycles. The average Bonchev–Trinajstić information content (AvgIpc) is 3.27. The minimum absolute atomic E-state index is 0. The first-order valence-corrected chi connectivity index (χ1v) is 16.2. The van der Waals surface area contributed by atoms with Gasteiger partial charge in [-0.15, -0.1) is 0 Å². The summed E-state index contributed by atoms with van der Waals surface area (Å²) in [6.07, 6.45) is 15.2. The van der Waals surface area contributed by atoms with Gasteiger partial charge >= 0.3 is 37.9 Å². The molecule has 0 saturated heterocycles. The van der Waals surface area contributed by atoms with Crippen LogP contribution in [0.5, 0.6) is 0 Å². The summed E-state index contributed by atoms with van der Waals surface area (Å²) >= 11 is -0.826. The fraction of sp³-hybridized carbons (Fsp3) is 0.652. The third kappa shape index (κ3) is 6.35. The maximum Gasteiger partial charge on any atom is -0.0131 e. The Morgan fingerprint density at radius 2 is 1.42 bits per heavy atom. The van der Waals surface area contributed by atoms with Crippen molar-refractivity contribution in [3.63, 3.8) is 0 Å². The molecule has 3 saturated carbocycles. The molecule has 4 atom stereocenters. The second-order valence-electron chi connectivity index (χ2n) is 8.07. The summed E-state index contributed by atoms with van der Waals surface area (Å²) in [7, 11) is 9.87. The molecule has 0 nitrogen and oxygen atoms in total. The predicted molar refractivity (Wildman–Crippen MR) is 114 cm³/mol. The van der Waals surface area contributed by atoms with Crippen molar-refractivity contribution in [3.05, 3.63) is 50.7 Å². The Hall–Kier alpha value is 0.683. The summed E-state index contributed by atoms with van der Waals surface area (Å²) in [6, 6.07) is 11.4. The van der Waals surface area contributed by atoms with E-state index in [0.717, 1.165) is 29.6 Å². The molecule has 1 aromatic rings. The molecule has 3 aliphatic rings. The minimum Gasteiger partial charge on any atom is -0.0622 e. The Bertz CT molecular complexity index is 472. The van der Waals surface area contributed by atoms with Gasteiger partial charge in [-0.2, -0.15) is 0 Å². The Balaban J connectivity index is 0.000000635. The van der Waals surface area contributed by atoms with E-state index in [0.29, 0.717) is 0 Å². The van der Waals surface area contributed by atoms with Gasteiger partial charge in [0.25, 0.3) is 0 Å². The van der Waals surface area contributed by atoms with Crippen LogP contribution >= 0.6 is 17.0 Å². The molecule has 0 amide bonds. The van der Waals surface area contributed by atoms with E-state index in [4.69, 9.17) is 17.0 Å². The van der Waals surface area contributed by atoms with E-state index in [-0.39, 0.29) is 14.9 Å². The quantitative estimate of drug-likeness (QED) is 0.386. The van der Waals surface area contributed by atoms with Gasteiger partial charge in [-0.1, -0.05) is 62.4 Å². The average molecular weight is 475 g/mol. The van der Waals surface area contributed by atoms with E-state index in [2.05, 4.69) is 30.3 Å². The van der Waals surface area contributed by atoms with E-state index < -0.39 is 20.8 Å². The molecule has 1 aromatic carbocycles. The van der Waals surface area contributed by atoms with E-state index in [9.17, 15) is 0 Å². The first-order chi connectivity index (χ1) is 11.8. The number of hydrogen-bond acceptors (Lipinski definition) is 0. The van der Waals surface area contributed by atoms with Crippen LogP contribution in [0.2, 0.25) is 0 Å². The summed E-state index contributed by atoms with van der Waals surface area (Å²) < 4.78 is 0. The van der Waals surface area contributed by atoms with Crippen molar-refractivity contribution in [2.24, 2.45) is 23.7 Å². The minimum atomic E-state index is -0.826. The molecule has 3 fully saturated rings. The second kappa shape index (κ2) is 13.0. The number of fused-ring (bicyclic) bond motifs is 1. The third-order valence-electron chi connectivity index (χ3n) is 6.93. The zero-order chi connectivity index (χ0) is 16.8. The van der Waals surface area contributed by atoms with Crippen molar-refractivity contribution in [2.45, 2.75) is 70.1 Å². The molecule has 0 bridgehead atoms. The Kier molecular flexibility index (Phi) is 12.4. The summed E-state index contributed by atoms with van der Waals surface area (Å²) in [5.74, 6) is 5.10. The monoisotopic (exact) mass is 472 g/mol. The van der Waals surface area contributed by atoms with Crippen LogP contribution in [0.4, 0.5) is 0 Å². The van der Waals surface area contributed by atoms with E-state index in [1.807, 2.05) is 0 Å². The molecule has 0 spiro atoms. The zero-order valence-corrected chi connectivity index (χ0v) is 20.6. The van der Waals surface area contributed by atoms with Crippen molar-refractivity contribution >= 4 is 17.0 Å². The molecule has 0 N–H and O–H groups in total. The van der Waals surface area contributed by atoms with Gasteiger partial charge in [-0.05, 0) is 67.3 Å². The van der Waals surface area contributed by atoms with Crippen LogP contribution in [0.1, 0.15) is 75.7 Å². The number of hydrogen-bond donors (Lipinski definition) is 0. The standard InChI is InChI=1S/C21H30.2CH3.2ClH.Zr/c1-2-9-17(10-3-1)19-11-6-12-20-18(13-14-21(19)20)15-16-7-4-5-8-16;;;;;/h1-3,9-10,16,18-21H,4-8,11-15H2;2*1H3;2*1H;/q;2*-1;;;+4/p-2. The van der Waals surface area contributed by atoms with E-state index in [1.165, 1.54) is 57.8 Å². The normalized spacial score (nSPS) is 30.1. The molecule has 146 valence electrons. The van der Waals surface area contributed by atoms with Gasteiger partial charge in [0.1, 0.15) is 0 Å². The van der Waals surface area contributed by atoms with Crippen LogP contribution < -0.4 is 0 Å². The molecule has 0 heterocycles. The molecule has 4 unspecified atom stereocenters. The van der Waals surface area contributed by atoms with Crippen LogP contribution in [-0.2, 0) is 20.8 Å². The maximum atomic E-state index is 4.93. The van der Waals surface area contributed by atoms with Gasteiger partial charge in [-0.25, -0.2) is 0 Å². The SMILES string of the molecule is [CH3-].[CH3-].[Cl][Zr+2][Cl].c1ccc(C2CCCC3C(CC4CCCC4)CCC23)cc1. The summed E-state index contributed by atoms with van der Waals surface area (Å²) in [4.78, 5) is 0. The van der Waals surface area contributed by atoms with Crippen molar-refractivity contribution in [1.29, 1.82) is 0 Å². The molecular formula is C23H36Cl2Zr. The fourth-order valence-corrected chi connectivity index (χ4v) is 6.00. The van der Waals surface area contributed by atoms with Gasteiger partial charge in [0.2, 0.25) is 0 Å². The Morgan fingerprint density at radius 1 is 0.769 bits per heavy atom. The summed E-state index contributed by atoms with van der Waals surface area (Å²) in [5, 5.41) is 0. The first kappa shape index (κ1) is 24.7. The molecule has 0 radical (unpaired) electrons. The van der Waals surface area contributed by atoms with Crippen LogP contribution in [-0.4, -0.2) is 0 Å². The van der Waals surface area contributed by atoms with Gasteiger partial charge < -0.3 is 14.9 Å². The summed E-state index contributed by atoms with van der Waals surface area (Å²) in [5.41, 5.74) is 1.63. The smallest absolute Gasteiger partial charge is 0.0131 e. The summed E-state index contributed by atoms with van der Waals surface area (Å²) in [6.45, 7) is 0. The van der Waals surface area contributed by atoms with Gasteiger partial charge in [-0.3, -0.25) is 0 Å². The van der Waals surface area contributed by atoms with Crippen LogP contribution in [0, 0.1) is 38.5 Å². The zero-order valence-electron chi connectivity index (χ0n) is 16.6. The van der Waals surface area contributed by atoms with Crippen LogP contribution in [0.15, 0.2) is 30.3 Å². The van der Waals surface area contributed by atoms with Gasteiger partial charge in [0.05, 0.1) is 0 Å². The molecule has 0 aromatic heterocycles. The second-order valence-corrected chi connectivity index (χ2v) is 11.8. The number of halogens is 2. The van der Waals surface area contributed by atoms with Crippen molar-refractivity contribution in [1.82, 2.24) is 0 Å². The predicted octanol–water partition coefficient (Wildman–Crippen LogP) is 8.45. The van der Waals surface area contributed by atoms with Crippen molar-refractivity contribution in [3.8, 4) is 0 Å².